The van der Waals surface area contributed by atoms with Crippen molar-refractivity contribution in [3.05, 3.63) is 29.8 Å². The van der Waals surface area contributed by atoms with Crippen LogP contribution in [-0.2, 0) is 9.47 Å². The van der Waals surface area contributed by atoms with Crippen LogP contribution in [0.3, 0.4) is 0 Å². The van der Waals surface area contributed by atoms with E-state index in [1.807, 2.05) is 0 Å². The van der Waals surface area contributed by atoms with Gasteiger partial charge in [0.05, 0.1) is 19.3 Å². The van der Waals surface area contributed by atoms with Crippen LogP contribution in [0.15, 0.2) is 24.3 Å². The number of amides is 1. The van der Waals surface area contributed by atoms with Crippen molar-refractivity contribution in [2.75, 3.05) is 53.0 Å². The molecule has 0 aliphatic carbocycles. The van der Waals surface area contributed by atoms with Crippen molar-refractivity contribution in [2.45, 2.75) is 13.0 Å². The predicted molar refractivity (Wildman–Crippen MR) is 102 cm³/mol. The third kappa shape index (κ3) is 7.24. The molecule has 0 radical (unpaired) electrons. The highest BCUT2D eigenvalue weighted by molar-refractivity contribution is 5.89. The van der Waals surface area contributed by atoms with Crippen LogP contribution in [0.2, 0.25) is 0 Å². The molecule has 1 aromatic rings. The molecule has 2 rings (SSSR count). The molecular formula is C18H27ClN2O6. The lowest BCUT2D eigenvalue weighted by atomic mass is 10.2. The molecular weight excluding hydrogens is 376 g/mol. The van der Waals surface area contributed by atoms with Crippen molar-refractivity contribution in [3.8, 4) is 5.75 Å². The van der Waals surface area contributed by atoms with Crippen molar-refractivity contribution in [1.82, 2.24) is 9.80 Å². The van der Waals surface area contributed by atoms with Crippen LogP contribution in [0.1, 0.15) is 17.3 Å². The number of β-amino-alcohol motifs (C(OH)–C–C–N with tert-alkyl or cyclic N) is 1. The fourth-order valence-electron chi connectivity index (χ4n) is 2.68. The number of aliphatic hydroxyl groups is 1. The van der Waals surface area contributed by atoms with Crippen molar-refractivity contribution in [2.24, 2.45) is 0 Å². The van der Waals surface area contributed by atoms with Crippen LogP contribution in [0.4, 0.5) is 4.79 Å². The van der Waals surface area contributed by atoms with E-state index in [1.54, 1.807) is 36.1 Å². The second-order valence-electron chi connectivity index (χ2n) is 5.97. The number of piperazine rings is 1. The summed E-state index contributed by atoms with van der Waals surface area (Å²) in [6.45, 7) is 5.31. The van der Waals surface area contributed by atoms with Crippen molar-refractivity contribution < 1.29 is 28.9 Å². The first-order chi connectivity index (χ1) is 12.5. The molecule has 1 unspecified atom stereocenters. The summed E-state index contributed by atoms with van der Waals surface area (Å²) in [6.07, 6.45) is -0.934. The van der Waals surface area contributed by atoms with Gasteiger partial charge in [0, 0.05) is 32.7 Å². The summed E-state index contributed by atoms with van der Waals surface area (Å²) in [5.74, 6) is 0.169. The number of methoxy groups -OCH3 is 1. The molecule has 0 spiro atoms. The largest absolute Gasteiger partial charge is 0.491 e. The van der Waals surface area contributed by atoms with E-state index in [4.69, 9.17) is 9.47 Å². The Bertz CT molecular complexity index is 590. The van der Waals surface area contributed by atoms with Gasteiger partial charge in [0.2, 0.25) is 0 Å². The van der Waals surface area contributed by atoms with Crippen LogP contribution < -0.4 is 4.74 Å². The first kappa shape index (κ1) is 23.0. The number of esters is 1. The molecule has 8 nitrogen and oxygen atoms in total. The monoisotopic (exact) mass is 402 g/mol. The van der Waals surface area contributed by atoms with Crippen molar-refractivity contribution in [1.29, 1.82) is 0 Å². The van der Waals surface area contributed by atoms with Crippen LogP contribution >= 0.6 is 12.4 Å². The average Bonchev–Trinajstić information content (AvgIpc) is 2.67. The smallest absolute Gasteiger partial charge is 0.409 e. The molecule has 152 valence electrons. The van der Waals surface area contributed by atoms with Gasteiger partial charge in [0.1, 0.15) is 18.5 Å². The molecule has 1 aliphatic heterocycles. The minimum absolute atomic E-state index is 0. The molecule has 1 aliphatic rings. The molecule has 1 amide bonds. The van der Waals surface area contributed by atoms with Crippen LogP contribution in [0.25, 0.3) is 0 Å². The molecule has 1 saturated heterocycles. The van der Waals surface area contributed by atoms with Crippen LogP contribution in [0, 0.1) is 0 Å². The number of halogens is 1. The lowest BCUT2D eigenvalue weighted by molar-refractivity contribution is 0.0407. The van der Waals surface area contributed by atoms with Gasteiger partial charge in [-0.3, -0.25) is 4.90 Å². The van der Waals surface area contributed by atoms with E-state index < -0.39 is 12.1 Å². The van der Waals surface area contributed by atoms with Gasteiger partial charge in [-0.25, -0.2) is 9.59 Å². The van der Waals surface area contributed by atoms with Gasteiger partial charge >= 0.3 is 12.1 Å². The number of benzene rings is 1. The number of hydrogen-bond acceptors (Lipinski definition) is 7. The quantitative estimate of drug-likeness (QED) is 0.690. The number of rotatable bonds is 7. The molecule has 1 aromatic carbocycles. The zero-order valence-electron chi connectivity index (χ0n) is 15.6. The molecule has 0 aromatic heterocycles. The highest BCUT2D eigenvalue weighted by atomic mass is 35.5. The maximum atomic E-state index is 11.7. The topological polar surface area (TPSA) is 88.5 Å². The maximum Gasteiger partial charge on any atom is 0.409 e. The SMILES string of the molecule is CCOC(=O)N1CCN(CC(O)COc2ccc(C(=O)OC)cc2)CC1.Cl. The fraction of sp³-hybridized carbons (Fsp3) is 0.556. The molecule has 1 fully saturated rings. The Morgan fingerprint density at radius 3 is 2.33 bits per heavy atom. The van der Waals surface area contributed by atoms with E-state index in [1.165, 1.54) is 7.11 Å². The van der Waals surface area contributed by atoms with Gasteiger partial charge in [-0.1, -0.05) is 0 Å². The molecule has 0 saturated carbocycles. The maximum absolute atomic E-state index is 11.7. The summed E-state index contributed by atoms with van der Waals surface area (Å²) in [5, 5.41) is 10.2. The minimum atomic E-state index is -0.649. The zero-order valence-corrected chi connectivity index (χ0v) is 16.4. The fourth-order valence-corrected chi connectivity index (χ4v) is 2.68. The van der Waals surface area contributed by atoms with Gasteiger partial charge in [-0.05, 0) is 31.2 Å². The van der Waals surface area contributed by atoms with Crippen LogP contribution in [-0.4, -0.2) is 86.1 Å². The molecule has 1 N–H and O–H groups in total. The predicted octanol–water partition coefficient (Wildman–Crippen LogP) is 1.41. The number of hydrogen-bond donors (Lipinski definition) is 1. The first-order valence-corrected chi connectivity index (χ1v) is 8.66. The van der Waals surface area contributed by atoms with Crippen LogP contribution in [0.5, 0.6) is 5.75 Å². The summed E-state index contributed by atoms with van der Waals surface area (Å²) in [7, 11) is 1.33. The van der Waals surface area contributed by atoms with Gasteiger partial charge in [-0.15, -0.1) is 12.4 Å². The van der Waals surface area contributed by atoms with E-state index >= 15 is 0 Å². The molecule has 0 bridgehead atoms. The molecule has 1 atom stereocenters. The minimum Gasteiger partial charge on any atom is -0.491 e. The Balaban J connectivity index is 0.00000364. The number of ether oxygens (including phenoxy) is 3. The molecule has 1 heterocycles. The summed E-state index contributed by atoms with van der Waals surface area (Å²) < 4.78 is 15.2. The second-order valence-corrected chi connectivity index (χ2v) is 5.97. The highest BCUT2D eigenvalue weighted by Crippen LogP contribution is 2.13. The Morgan fingerprint density at radius 1 is 1.15 bits per heavy atom. The number of carbonyl (C=O) groups is 2. The Hall–Kier alpha value is -2.03. The summed E-state index contributed by atoms with van der Waals surface area (Å²) in [4.78, 5) is 26.8. The van der Waals surface area contributed by atoms with Gasteiger partial charge in [0.25, 0.3) is 0 Å². The van der Waals surface area contributed by atoms with Crippen molar-refractivity contribution >= 4 is 24.5 Å². The second kappa shape index (κ2) is 11.6. The van der Waals surface area contributed by atoms with E-state index in [-0.39, 0.29) is 25.1 Å². The lowest BCUT2D eigenvalue weighted by Gasteiger charge is -2.34. The van der Waals surface area contributed by atoms with E-state index in [2.05, 4.69) is 9.64 Å². The number of aliphatic hydroxyl groups excluding tert-OH is 1. The van der Waals surface area contributed by atoms with Gasteiger partial charge in [0.15, 0.2) is 0 Å². The molecule has 9 heteroatoms. The number of carbonyl (C=O) groups excluding carboxylic acids is 2. The zero-order chi connectivity index (χ0) is 18.9. The number of nitrogens with zero attached hydrogens (tertiary/aromatic N) is 2. The van der Waals surface area contributed by atoms with E-state index in [9.17, 15) is 14.7 Å². The highest BCUT2D eigenvalue weighted by Gasteiger charge is 2.23. The Morgan fingerprint density at radius 2 is 1.78 bits per heavy atom. The third-order valence-corrected chi connectivity index (χ3v) is 4.09. The van der Waals surface area contributed by atoms with E-state index in [0.717, 1.165) is 0 Å². The first-order valence-electron chi connectivity index (χ1n) is 8.66. The summed E-state index contributed by atoms with van der Waals surface area (Å²) in [6, 6.07) is 6.55. The van der Waals surface area contributed by atoms with Gasteiger partial charge in [-0.2, -0.15) is 0 Å². The summed E-state index contributed by atoms with van der Waals surface area (Å²) in [5.41, 5.74) is 0.444. The normalized spacial score (nSPS) is 15.4. The lowest BCUT2D eigenvalue weighted by Crippen LogP contribution is -2.51. The standard InChI is InChI=1S/C18H26N2O6.ClH/c1-3-25-18(23)20-10-8-19(9-11-20)12-15(21)13-26-16-6-4-14(5-7-16)17(22)24-2;/h4-7,15,21H,3,8-13H2,1-2H3;1H. The third-order valence-electron chi connectivity index (χ3n) is 4.09. The Labute approximate surface area is 165 Å². The van der Waals surface area contributed by atoms with E-state index in [0.29, 0.717) is 50.6 Å². The summed E-state index contributed by atoms with van der Waals surface area (Å²) >= 11 is 0. The van der Waals surface area contributed by atoms with Gasteiger partial charge < -0.3 is 24.2 Å². The molecule has 27 heavy (non-hydrogen) atoms. The van der Waals surface area contributed by atoms with Crippen molar-refractivity contribution in [3.63, 3.8) is 0 Å². The average molecular weight is 403 g/mol. The Kier molecular flexibility index (Phi) is 9.92.